The van der Waals surface area contributed by atoms with Crippen LogP contribution < -0.4 is 11.1 Å². The standard InChI is InChI=1S/C14H15ClN4O/c1-3-12-10(6-8(2)18-19-12)14(20)17-13-5-4-9(15)7-11(13)16/h4-7H,3,16H2,1-2H3,(H,17,20). The maximum Gasteiger partial charge on any atom is 0.257 e. The van der Waals surface area contributed by atoms with Crippen LogP contribution in [0.1, 0.15) is 28.7 Å². The number of carbonyl (C=O) groups is 1. The molecule has 0 spiro atoms. The van der Waals surface area contributed by atoms with Crippen molar-refractivity contribution in [2.24, 2.45) is 0 Å². The van der Waals surface area contributed by atoms with Crippen LogP contribution in [-0.4, -0.2) is 16.1 Å². The Morgan fingerprint density at radius 1 is 1.35 bits per heavy atom. The number of aromatic nitrogens is 2. The smallest absolute Gasteiger partial charge is 0.257 e. The third-order valence-electron chi connectivity index (χ3n) is 2.83. The molecule has 2 aromatic rings. The second-order valence-electron chi connectivity index (χ2n) is 4.39. The van der Waals surface area contributed by atoms with E-state index in [0.29, 0.717) is 39.8 Å². The van der Waals surface area contributed by atoms with Crippen LogP contribution in [0.5, 0.6) is 0 Å². The summed E-state index contributed by atoms with van der Waals surface area (Å²) in [4.78, 5) is 12.3. The van der Waals surface area contributed by atoms with Gasteiger partial charge in [-0.1, -0.05) is 18.5 Å². The molecule has 20 heavy (non-hydrogen) atoms. The number of nitrogen functional groups attached to an aromatic ring is 1. The molecule has 6 heteroatoms. The number of halogens is 1. The van der Waals surface area contributed by atoms with Gasteiger partial charge in [0.1, 0.15) is 0 Å². The summed E-state index contributed by atoms with van der Waals surface area (Å²) >= 11 is 5.83. The van der Waals surface area contributed by atoms with Crippen molar-refractivity contribution in [1.82, 2.24) is 10.2 Å². The van der Waals surface area contributed by atoms with Crippen LogP contribution >= 0.6 is 11.6 Å². The highest BCUT2D eigenvalue weighted by atomic mass is 35.5. The Hall–Kier alpha value is -2.14. The molecular formula is C14H15ClN4O. The highest BCUT2D eigenvalue weighted by Crippen LogP contribution is 2.23. The molecule has 1 aromatic heterocycles. The Balaban J connectivity index is 2.30. The van der Waals surface area contributed by atoms with Gasteiger partial charge in [-0.3, -0.25) is 4.79 Å². The van der Waals surface area contributed by atoms with Crippen molar-refractivity contribution in [3.63, 3.8) is 0 Å². The lowest BCUT2D eigenvalue weighted by Gasteiger charge is -2.10. The number of anilines is 2. The van der Waals surface area contributed by atoms with Gasteiger partial charge in [0.05, 0.1) is 28.3 Å². The summed E-state index contributed by atoms with van der Waals surface area (Å²) in [5.41, 5.74) is 8.62. The number of rotatable bonds is 3. The van der Waals surface area contributed by atoms with Gasteiger partial charge in [-0.25, -0.2) is 0 Å². The molecule has 1 heterocycles. The number of nitrogens with two attached hydrogens (primary N) is 1. The quantitative estimate of drug-likeness (QED) is 0.852. The number of hydrogen-bond donors (Lipinski definition) is 2. The molecular weight excluding hydrogens is 276 g/mol. The molecule has 0 saturated heterocycles. The summed E-state index contributed by atoms with van der Waals surface area (Å²) in [6, 6.07) is 6.65. The van der Waals surface area contributed by atoms with Crippen LogP contribution in [0.2, 0.25) is 5.02 Å². The zero-order valence-electron chi connectivity index (χ0n) is 11.3. The molecule has 0 unspecified atom stereocenters. The first-order chi connectivity index (χ1) is 9.51. The van der Waals surface area contributed by atoms with E-state index < -0.39 is 0 Å². The second-order valence-corrected chi connectivity index (χ2v) is 4.82. The summed E-state index contributed by atoms with van der Waals surface area (Å²) in [5.74, 6) is -0.256. The van der Waals surface area contributed by atoms with E-state index in [1.807, 2.05) is 6.92 Å². The first kappa shape index (κ1) is 14.3. The monoisotopic (exact) mass is 290 g/mol. The van der Waals surface area contributed by atoms with Gasteiger partial charge in [-0.05, 0) is 37.6 Å². The van der Waals surface area contributed by atoms with Crippen LogP contribution in [-0.2, 0) is 6.42 Å². The zero-order chi connectivity index (χ0) is 14.7. The highest BCUT2D eigenvalue weighted by Gasteiger charge is 2.14. The van der Waals surface area contributed by atoms with Gasteiger partial charge in [0, 0.05) is 5.02 Å². The number of amides is 1. The molecule has 0 saturated carbocycles. The topological polar surface area (TPSA) is 80.9 Å². The Labute approximate surface area is 122 Å². The summed E-state index contributed by atoms with van der Waals surface area (Å²) in [6.45, 7) is 3.71. The van der Waals surface area contributed by atoms with E-state index in [0.717, 1.165) is 0 Å². The molecule has 0 bridgehead atoms. The van der Waals surface area contributed by atoms with E-state index in [1.54, 1.807) is 31.2 Å². The van der Waals surface area contributed by atoms with Crippen LogP contribution in [0, 0.1) is 6.92 Å². The lowest BCUT2D eigenvalue weighted by Crippen LogP contribution is -2.17. The molecule has 0 fully saturated rings. The van der Waals surface area contributed by atoms with E-state index in [9.17, 15) is 4.79 Å². The van der Waals surface area contributed by atoms with Gasteiger partial charge < -0.3 is 11.1 Å². The molecule has 0 atom stereocenters. The molecule has 1 aromatic carbocycles. The number of hydrogen-bond acceptors (Lipinski definition) is 4. The Morgan fingerprint density at radius 2 is 2.10 bits per heavy atom. The molecule has 0 aliphatic rings. The van der Waals surface area contributed by atoms with Crippen molar-refractivity contribution >= 4 is 28.9 Å². The van der Waals surface area contributed by atoms with Gasteiger partial charge in [0.25, 0.3) is 5.91 Å². The maximum absolute atomic E-state index is 12.3. The fraction of sp³-hybridized carbons (Fsp3) is 0.214. The predicted octanol–water partition coefficient (Wildman–Crippen LogP) is 2.84. The van der Waals surface area contributed by atoms with Gasteiger partial charge in [-0.15, -0.1) is 0 Å². The van der Waals surface area contributed by atoms with Crippen molar-refractivity contribution in [2.75, 3.05) is 11.1 Å². The van der Waals surface area contributed by atoms with Gasteiger partial charge in [0.2, 0.25) is 0 Å². The fourth-order valence-electron chi connectivity index (χ4n) is 1.81. The van der Waals surface area contributed by atoms with Crippen molar-refractivity contribution in [1.29, 1.82) is 0 Å². The summed E-state index contributed by atoms with van der Waals surface area (Å²) in [6.07, 6.45) is 0.631. The molecule has 2 rings (SSSR count). The molecule has 3 N–H and O–H groups in total. The largest absolute Gasteiger partial charge is 0.397 e. The van der Waals surface area contributed by atoms with Crippen LogP contribution in [0.3, 0.4) is 0 Å². The lowest BCUT2D eigenvalue weighted by molar-refractivity contribution is 0.102. The molecule has 0 radical (unpaired) electrons. The number of nitrogens with zero attached hydrogens (tertiary/aromatic N) is 2. The molecule has 0 aliphatic heterocycles. The number of carbonyl (C=O) groups excluding carboxylic acids is 1. The summed E-state index contributed by atoms with van der Waals surface area (Å²) in [7, 11) is 0. The van der Waals surface area contributed by atoms with Gasteiger partial charge in [-0.2, -0.15) is 10.2 Å². The maximum atomic E-state index is 12.3. The fourth-order valence-corrected chi connectivity index (χ4v) is 1.99. The third-order valence-corrected chi connectivity index (χ3v) is 3.07. The Kier molecular flexibility index (Phi) is 4.20. The zero-order valence-corrected chi connectivity index (χ0v) is 12.0. The van der Waals surface area contributed by atoms with Crippen molar-refractivity contribution in [3.8, 4) is 0 Å². The summed E-state index contributed by atoms with van der Waals surface area (Å²) in [5, 5.41) is 11.3. The average molecular weight is 291 g/mol. The lowest BCUT2D eigenvalue weighted by atomic mass is 10.1. The van der Waals surface area contributed by atoms with E-state index in [2.05, 4.69) is 15.5 Å². The van der Waals surface area contributed by atoms with Crippen molar-refractivity contribution in [2.45, 2.75) is 20.3 Å². The molecule has 5 nitrogen and oxygen atoms in total. The third kappa shape index (κ3) is 3.05. The van der Waals surface area contributed by atoms with Crippen LogP contribution in [0.25, 0.3) is 0 Å². The molecule has 104 valence electrons. The van der Waals surface area contributed by atoms with E-state index >= 15 is 0 Å². The SMILES string of the molecule is CCc1nnc(C)cc1C(=O)Nc1ccc(Cl)cc1N. The normalized spacial score (nSPS) is 10.3. The minimum Gasteiger partial charge on any atom is -0.397 e. The Bertz CT molecular complexity index is 658. The molecule has 0 aliphatic carbocycles. The van der Waals surface area contributed by atoms with E-state index in [-0.39, 0.29) is 5.91 Å². The number of aryl methyl sites for hydroxylation is 2. The Morgan fingerprint density at radius 3 is 2.75 bits per heavy atom. The summed E-state index contributed by atoms with van der Waals surface area (Å²) < 4.78 is 0. The van der Waals surface area contributed by atoms with Gasteiger partial charge >= 0.3 is 0 Å². The van der Waals surface area contributed by atoms with Crippen LogP contribution in [0.15, 0.2) is 24.3 Å². The minimum absolute atomic E-state index is 0.256. The minimum atomic E-state index is -0.256. The average Bonchev–Trinajstić information content (AvgIpc) is 2.41. The van der Waals surface area contributed by atoms with E-state index in [1.165, 1.54) is 0 Å². The van der Waals surface area contributed by atoms with Gasteiger partial charge in [0.15, 0.2) is 0 Å². The molecule has 1 amide bonds. The highest BCUT2D eigenvalue weighted by molar-refractivity contribution is 6.31. The second kappa shape index (κ2) is 5.88. The first-order valence-corrected chi connectivity index (χ1v) is 6.58. The van der Waals surface area contributed by atoms with E-state index in [4.69, 9.17) is 17.3 Å². The first-order valence-electron chi connectivity index (χ1n) is 6.21. The van der Waals surface area contributed by atoms with Crippen molar-refractivity contribution < 1.29 is 4.79 Å². The number of nitrogens with one attached hydrogen (secondary N) is 1. The number of benzene rings is 1. The van der Waals surface area contributed by atoms with Crippen molar-refractivity contribution in [3.05, 3.63) is 46.2 Å². The van der Waals surface area contributed by atoms with Crippen LogP contribution in [0.4, 0.5) is 11.4 Å². The predicted molar refractivity (Wildman–Crippen MR) is 80.0 cm³/mol.